The molecule has 1 aliphatic heterocycles. The molecule has 0 atom stereocenters. The van der Waals surface area contributed by atoms with Crippen molar-refractivity contribution in [2.24, 2.45) is 5.92 Å². The Balaban J connectivity index is 2.07. The third kappa shape index (κ3) is 2.52. The van der Waals surface area contributed by atoms with Crippen molar-refractivity contribution >= 4 is 12.2 Å². The molecule has 1 amide bonds. The molecule has 1 saturated heterocycles. The number of rotatable bonds is 2. The molecule has 2 rings (SSSR count). The van der Waals surface area contributed by atoms with Crippen molar-refractivity contribution in [3.05, 3.63) is 35.6 Å². The number of piperidine rings is 1. The minimum atomic E-state index is -0.491. The molecule has 0 radical (unpaired) electrons. The maximum absolute atomic E-state index is 13.4. The predicted octanol–water partition coefficient (Wildman–Crippen LogP) is 1.88. The Hall–Kier alpha value is -1.71. The molecule has 3 nitrogen and oxygen atoms in total. The highest BCUT2D eigenvalue weighted by molar-refractivity contribution is 5.94. The van der Waals surface area contributed by atoms with Crippen LogP contribution in [0.25, 0.3) is 0 Å². The van der Waals surface area contributed by atoms with E-state index in [1.807, 2.05) is 0 Å². The van der Waals surface area contributed by atoms with Crippen molar-refractivity contribution in [1.29, 1.82) is 0 Å². The molecular formula is C13H14FNO2. The van der Waals surface area contributed by atoms with Crippen LogP contribution in [0.1, 0.15) is 23.2 Å². The summed E-state index contributed by atoms with van der Waals surface area (Å²) in [7, 11) is 0. The lowest BCUT2D eigenvalue weighted by Gasteiger charge is -2.29. The first kappa shape index (κ1) is 11.8. The van der Waals surface area contributed by atoms with E-state index in [1.54, 1.807) is 17.0 Å². The Morgan fingerprint density at radius 2 is 1.94 bits per heavy atom. The van der Waals surface area contributed by atoms with Gasteiger partial charge in [0.25, 0.3) is 5.91 Å². The van der Waals surface area contributed by atoms with E-state index in [9.17, 15) is 14.0 Å². The van der Waals surface area contributed by atoms with E-state index in [2.05, 4.69) is 0 Å². The van der Waals surface area contributed by atoms with Gasteiger partial charge in [0.15, 0.2) is 0 Å². The molecule has 1 heterocycles. The Morgan fingerprint density at radius 1 is 1.29 bits per heavy atom. The highest BCUT2D eigenvalue weighted by Crippen LogP contribution is 2.18. The lowest BCUT2D eigenvalue weighted by molar-refractivity contribution is -0.112. The van der Waals surface area contributed by atoms with E-state index in [1.165, 1.54) is 12.1 Å². The highest BCUT2D eigenvalue weighted by atomic mass is 19.1. The highest BCUT2D eigenvalue weighted by Gasteiger charge is 2.24. The Labute approximate surface area is 99.2 Å². The summed E-state index contributed by atoms with van der Waals surface area (Å²) >= 11 is 0. The van der Waals surface area contributed by atoms with Crippen LogP contribution in [0.5, 0.6) is 0 Å². The van der Waals surface area contributed by atoms with Gasteiger partial charge in [0, 0.05) is 19.0 Å². The monoisotopic (exact) mass is 235 g/mol. The van der Waals surface area contributed by atoms with Crippen LogP contribution in [0, 0.1) is 11.7 Å². The molecule has 1 aromatic carbocycles. The van der Waals surface area contributed by atoms with Crippen LogP contribution in [0.15, 0.2) is 24.3 Å². The van der Waals surface area contributed by atoms with E-state index < -0.39 is 5.82 Å². The molecular weight excluding hydrogens is 221 g/mol. The minimum absolute atomic E-state index is 0.0414. The van der Waals surface area contributed by atoms with Gasteiger partial charge < -0.3 is 9.69 Å². The van der Waals surface area contributed by atoms with Crippen molar-refractivity contribution in [2.45, 2.75) is 12.8 Å². The average Bonchev–Trinajstić information content (AvgIpc) is 2.39. The van der Waals surface area contributed by atoms with E-state index in [4.69, 9.17) is 0 Å². The number of hydrogen-bond acceptors (Lipinski definition) is 2. The molecule has 90 valence electrons. The number of hydrogen-bond donors (Lipinski definition) is 0. The maximum atomic E-state index is 13.4. The molecule has 1 aliphatic rings. The summed E-state index contributed by atoms with van der Waals surface area (Å²) < 4.78 is 13.4. The van der Waals surface area contributed by atoms with Gasteiger partial charge in [-0.2, -0.15) is 0 Å². The number of amides is 1. The fourth-order valence-electron chi connectivity index (χ4n) is 2.04. The summed E-state index contributed by atoms with van der Waals surface area (Å²) in [4.78, 5) is 24.2. The molecule has 0 spiro atoms. The lowest BCUT2D eigenvalue weighted by Crippen LogP contribution is -2.39. The van der Waals surface area contributed by atoms with Crippen LogP contribution >= 0.6 is 0 Å². The zero-order valence-electron chi connectivity index (χ0n) is 9.43. The Kier molecular flexibility index (Phi) is 3.52. The summed E-state index contributed by atoms with van der Waals surface area (Å²) in [6, 6.07) is 5.98. The second-order valence-corrected chi connectivity index (χ2v) is 4.25. The lowest BCUT2D eigenvalue weighted by atomic mass is 9.98. The van der Waals surface area contributed by atoms with Gasteiger partial charge in [0.1, 0.15) is 12.1 Å². The molecule has 0 N–H and O–H groups in total. The average molecular weight is 235 g/mol. The van der Waals surface area contributed by atoms with Gasteiger partial charge >= 0.3 is 0 Å². The van der Waals surface area contributed by atoms with Gasteiger partial charge in [0.05, 0.1) is 5.56 Å². The van der Waals surface area contributed by atoms with Crippen LogP contribution in [0.3, 0.4) is 0 Å². The molecule has 0 bridgehead atoms. The van der Waals surface area contributed by atoms with E-state index in [-0.39, 0.29) is 17.4 Å². The molecule has 1 aromatic rings. The summed E-state index contributed by atoms with van der Waals surface area (Å²) in [5.74, 6) is -0.734. The molecule has 0 unspecified atom stereocenters. The standard InChI is InChI=1S/C13H14FNO2/c14-12-4-2-1-3-11(12)13(17)15-7-5-10(9-16)6-8-15/h1-4,9-10H,5-8H2. The zero-order valence-corrected chi connectivity index (χ0v) is 9.43. The Morgan fingerprint density at radius 3 is 2.53 bits per heavy atom. The first-order valence-electron chi connectivity index (χ1n) is 5.71. The van der Waals surface area contributed by atoms with Crippen molar-refractivity contribution in [1.82, 2.24) is 4.90 Å². The number of aldehydes is 1. The Bertz CT molecular complexity index is 425. The first-order chi connectivity index (χ1) is 8.22. The number of halogens is 1. The van der Waals surface area contributed by atoms with Crippen LogP contribution in [-0.4, -0.2) is 30.2 Å². The third-order valence-electron chi connectivity index (χ3n) is 3.12. The number of benzene rings is 1. The number of nitrogens with zero attached hydrogens (tertiary/aromatic N) is 1. The van der Waals surface area contributed by atoms with Crippen LogP contribution < -0.4 is 0 Å². The van der Waals surface area contributed by atoms with E-state index in [0.29, 0.717) is 25.9 Å². The van der Waals surface area contributed by atoms with Crippen LogP contribution in [0.4, 0.5) is 4.39 Å². The van der Waals surface area contributed by atoms with Crippen molar-refractivity contribution in [3.8, 4) is 0 Å². The molecule has 0 aromatic heterocycles. The summed E-state index contributed by atoms with van der Waals surface area (Å²) in [6.07, 6.45) is 2.28. The molecule has 4 heteroatoms. The van der Waals surface area contributed by atoms with Crippen molar-refractivity contribution in [2.75, 3.05) is 13.1 Å². The second kappa shape index (κ2) is 5.08. The van der Waals surface area contributed by atoms with Crippen molar-refractivity contribution in [3.63, 3.8) is 0 Å². The van der Waals surface area contributed by atoms with Crippen molar-refractivity contribution < 1.29 is 14.0 Å². The third-order valence-corrected chi connectivity index (χ3v) is 3.12. The van der Waals surface area contributed by atoms with Gasteiger partial charge in [-0.3, -0.25) is 4.79 Å². The number of carbonyl (C=O) groups is 2. The second-order valence-electron chi connectivity index (χ2n) is 4.25. The maximum Gasteiger partial charge on any atom is 0.256 e. The fraction of sp³-hybridized carbons (Fsp3) is 0.385. The summed E-state index contributed by atoms with van der Waals surface area (Å²) in [5.41, 5.74) is 0.108. The van der Waals surface area contributed by atoms with Gasteiger partial charge in [-0.05, 0) is 25.0 Å². The molecule has 17 heavy (non-hydrogen) atoms. The largest absolute Gasteiger partial charge is 0.339 e. The molecule has 0 aliphatic carbocycles. The summed E-state index contributed by atoms with van der Waals surface area (Å²) in [6.45, 7) is 1.05. The predicted molar refractivity (Wildman–Crippen MR) is 61.1 cm³/mol. The van der Waals surface area contributed by atoms with Gasteiger partial charge in [-0.1, -0.05) is 12.1 Å². The van der Waals surface area contributed by atoms with Crippen LogP contribution in [-0.2, 0) is 4.79 Å². The topological polar surface area (TPSA) is 37.4 Å². The summed E-state index contributed by atoms with van der Waals surface area (Å²) in [5, 5.41) is 0. The van der Waals surface area contributed by atoms with E-state index >= 15 is 0 Å². The molecule has 0 saturated carbocycles. The van der Waals surface area contributed by atoms with Gasteiger partial charge in [0.2, 0.25) is 0 Å². The van der Waals surface area contributed by atoms with E-state index in [0.717, 1.165) is 6.29 Å². The normalized spacial score (nSPS) is 16.9. The van der Waals surface area contributed by atoms with Gasteiger partial charge in [-0.15, -0.1) is 0 Å². The van der Waals surface area contributed by atoms with Gasteiger partial charge in [-0.25, -0.2) is 4.39 Å². The SMILES string of the molecule is O=CC1CCN(C(=O)c2ccccc2F)CC1. The fourth-order valence-corrected chi connectivity index (χ4v) is 2.04. The number of carbonyl (C=O) groups excluding carboxylic acids is 2. The van der Waals surface area contributed by atoms with Crippen LogP contribution in [0.2, 0.25) is 0 Å². The quantitative estimate of drug-likeness (QED) is 0.734. The zero-order chi connectivity index (χ0) is 12.3. The smallest absolute Gasteiger partial charge is 0.256 e. The molecule has 1 fully saturated rings. The minimum Gasteiger partial charge on any atom is -0.339 e. The first-order valence-corrected chi connectivity index (χ1v) is 5.71. The number of likely N-dealkylation sites (tertiary alicyclic amines) is 1.